The van der Waals surface area contributed by atoms with Gasteiger partial charge >= 0.3 is 6.18 Å². The van der Waals surface area contributed by atoms with Crippen LogP contribution in [0.4, 0.5) is 13.2 Å². The van der Waals surface area contributed by atoms with Crippen LogP contribution in [0.25, 0.3) is 11.1 Å². The van der Waals surface area contributed by atoms with Crippen LogP contribution in [0.2, 0.25) is 0 Å². The SMILES string of the molecule is COc1cc(OCc2cccc(-c3ccccc3)c2C(F)(F)F)c2c(c1CN1C[C@H](O)C[C@H]1C)CCC2. The molecule has 37 heavy (non-hydrogen) atoms. The number of likely N-dealkylation sites (tertiary alicyclic amines) is 1. The number of β-amino-alcohol motifs (C(OH)–C–C–N with tert-alkyl or cyclic N) is 1. The maximum absolute atomic E-state index is 14.3. The minimum Gasteiger partial charge on any atom is -0.496 e. The van der Waals surface area contributed by atoms with Gasteiger partial charge in [-0.3, -0.25) is 4.90 Å². The molecule has 1 heterocycles. The summed E-state index contributed by atoms with van der Waals surface area (Å²) in [6, 6.07) is 15.4. The average molecular weight is 512 g/mol. The van der Waals surface area contributed by atoms with Crippen molar-refractivity contribution >= 4 is 0 Å². The van der Waals surface area contributed by atoms with Crippen LogP contribution in [0.5, 0.6) is 11.5 Å². The molecule has 5 rings (SSSR count). The molecule has 4 nitrogen and oxygen atoms in total. The van der Waals surface area contributed by atoms with E-state index < -0.39 is 11.7 Å². The maximum Gasteiger partial charge on any atom is 0.417 e. The highest BCUT2D eigenvalue weighted by Gasteiger charge is 2.37. The van der Waals surface area contributed by atoms with E-state index in [9.17, 15) is 18.3 Å². The maximum atomic E-state index is 14.3. The third-order valence-electron chi connectivity index (χ3n) is 7.60. The fourth-order valence-electron chi connectivity index (χ4n) is 5.84. The Morgan fingerprint density at radius 3 is 2.43 bits per heavy atom. The van der Waals surface area contributed by atoms with Gasteiger partial charge in [0.25, 0.3) is 0 Å². The average Bonchev–Trinajstić information content (AvgIpc) is 3.49. The minimum atomic E-state index is -4.52. The molecule has 2 aliphatic rings. The second-order valence-corrected chi connectivity index (χ2v) is 10.0. The molecule has 0 spiro atoms. The van der Waals surface area contributed by atoms with Crippen molar-refractivity contribution in [1.29, 1.82) is 0 Å². The molecule has 1 fully saturated rings. The number of hydrogen-bond donors (Lipinski definition) is 1. The standard InChI is InChI=1S/C30H32F3NO3/c1-19-14-22(35)16-34(19)17-26-24-12-7-13-25(24)28(15-27(26)36-2)37-18-21-10-6-11-23(29(21)30(31,32)33)20-8-4-3-5-9-20/h3-6,8-11,15,19,22,35H,7,12-14,16-18H2,1-2H3/t19-,22-/m1/s1. The summed E-state index contributed by atoms with van der Waals surface area (Å²) in [7, 11) is 1.61. The number of alkyl halides is 3. The van der Waals surface area contributed by atoms with E-state index in [0.717, 1.165) is 42.4 Å². The van der Waals surface area contributed by atoms with Gasteiger partial charge < -0.3 is 14.6 Å². The molecule has 0 bridgehead atoms. The molecule has 1 aliphatic heterocycles. The van der Waals surface area contributed by atoms with Gasteiger partial charge in [-0.2, -0.15) is 13.2 Å². The number of aliphatic hydroxyl groups excluding tert-OH is 1. The van der Waals surface area contributed by atoms with E-state index in [-0.39, 0.29) is 29.9 Å². The molecular formula is C30H32F3NO3. The van der Waals surface area contributed by atoms with Crippen molar-refractivity contribution in [3.05, 3.63) is 82.4 Å². The van der Waals surface area contributed by atoms with Crippen molar-refractivity contribution in [2.75, 3.05) is 13.7 Å². The molecule has 0 unspecified atom stereocenters. The molecule has 1 saturated heterocycles. The summed E-state index contributed by atoms with van der Waals surface area (Å²) in [5, 5.41) is 10.1. The number of rotatable bonds is 7. The molecule has 0 radical (unpaired) electrons. The number of methoxy groups -OCH3 is 1. The Balaban J connectivity index is 1.47. The third kappa shape index (κ3) is 5.20. The number of aliphatic hydroxyl groups is 1. The van der Waals surface area contributed by atoms with Gasteiger partial charge in [-0.05, 0) is 54.9 Å². The Morgan fingerprint density at radius 1 is 1.00 bits per heavy atom. The van der Waals surface area contributed by atoms with Crippen LogP contribution >= 0.6 is 0 Å². The lowest BCUT2D eigenvalue weighted by atomic mass is 9.95. The highest BCUT2D eigenvalue weighted by molar-refractivity contribution is 5.69. The van der Waals surface area contributed by atoms with E-state index in [1.807, 2.05) is 6.07 Å². The lowest BCUT2D eigenvalue weighted by Gasteiger charge is -2.25. The number of ether oxygens (including phenoxy) is 2. The number of fused-ring (bicyclic) bond motifs is 1. The van der Waals surface area contributed by atoms with Gasteiger partial charge in [0.15, 0.2) is 0 Å². The topological polar surface area (TPSA) is 41.9 Å². The summed E-state index contributed by atoms with van der Waals surface area (Å²) in [6.45, 7) is 3.21. The fourth-order valence-corrected chi connectivity index (χ4v) is 5.84. The van der Waals surface area contributed by atoms with E-state index >= 15 is 0 Å². The van der Waals surface area contributed by atoms with Crippen molar-refractivity contribution < 1.29 is 27.8 Å². The number of benzene rings is 3. The van der Waals surface area contributed by atoms with Gasteiger partial charge in [-0.1, -0.05) is 48.5 Å². The molecular weight excluding hydrogens is 479 g/mol. The summed E-state index contributed by atoms with van der Waals surface area (Å²) >= 11 is 0. The van der Waals surface area contributed by atoms with Crippen LogP contribution < -0.4 is 9.47 Å². The highest BCUT2D eigenvalue weighted by Crippen LogP contribution is 2.43. The Morgan fingerprint density at radius 2 is 1.76 bits per heavy atom. The molecule has 0 amide bonds. The Bertz CT molecular complexity index is 1260. The fraction of sp³-hybridized carbons (Fsp3) is 0.400. The third-order valence-corrected chi connectivity index (χ3v) is 7.60. The van der Waals surface area contributed by atoms with Crippen molar-refractivity contribution in [2.45, 2.75) is 64.1 Å². The summed E-state index contributed by atoms with van der Waals surface area (Å²) in [5.74, 6) is 1.26. The zero-order chi connectivity index (χ0) is 26.2. The van der Waals surface area contributed by atoms with Gasteiger partial charge in [0.2, 0.25) is 0 Å². The Kier molecular flexibility index (Phi) is 7.19. The molecule has 196 valence electrons. The van der Waals surface area contributed by atoms with E-state index in [4.69, 9.17) is 9.47 Å². The summed E-state index contributed by atoms with van der Waals surface area (Å²) < 4.78 is 54.7. The first kappa shape index (κ1) is 25.6. The van der Waals surface area contributed by atoms with Gasteiger partial charge in [-0.15, -0.1) is 0 Å². The molecule has 1 N–H and O–H groups in total. The monoisotopic (exact) mass is 511 g/mol. The molecule has 0 aromatic heterocycles. The van der Waals surface area contributed by atoms with E-state index in [0.29, 0.717) is 30.2 Å². The minimum absolute atomic E-state index is 0.100. The van der Waals surface area contributed by atoms with Crippen LogP contribution in [0, 0.1) is 0 Å². The quantitative estimate of drug-likeness (QED) is 0.398. The molecule has 3 aromatic carbocycles. The molecule has 2 atom stereocenters. The van der Waals surface area contributed by atoms with Crippen LogP contribution in [-0.2, 0) is 32.2 Å². The van der Waals surface area contributed by atoms with E-state index in [2.05, 4.69) is 11.8 Å². The molecule has 7 heteroatoms. The zero-order valence-corrected chi connectivity index (χ0v) is 21.1. The first-order chi connectivity index (χ1) is 17.8. The van der Waals surface area contributed by atoms with Crippen molar-refractivity contribution in [3.8, 4) is 22.6 Å². The predicted molar refractivity (Wildman–Crippen MR) is 137 cm³/mol. The lowest BCUT2D eigenvalue weighted by molar-refractivity contribution is -0.138. The van der Waals surface area contributed by atoms with Gasteiger partial charge in [0.1, 0.15) is 18.1 Å². The zero-order valence-electron chi connectivity index (χ0n) is 21.1. The second kappa shape index (κ2) is 10.4. The van der Waals surface area contributed by atoms with Crippen LogP contribution in [0.1, 0.15) is 47.6 Å². The van der Waals surface area contributed by atoms with Gasteiger partial charge in [0, 0.05) is 36.3 Å². The largest absolute Gasteiger partial charge is 0.496 e. The van der Waals surface area contributed by atoms with Crippen molar-refractivity contribution in [3.63, 3.8) is 0 Å². The number of halogens is 3. The van der Waals surface area contributed by atoms with Crippen LogP contribution in [-0.4, -0.2) is 35.8 Å². The van der Waals surface area contributed by atoms with E-state index in [1.165, 1.54) is 12.1 Å². The van der Waals surface area contributed by atoms with Gasteiger partial charge in [-0.25, -0.2) is 0 Å². The Hall–Kier alpha value is -3.03. The Labute approximate surface area is 215 Å². The van der Waals surface area contributed by atoms with Crippen LogP contribution in [0.15, 0.2) is 54.6 Å². The predicted octanol–water partition coefficient (Wildman–Crippen LogP) is 6.40. The van der Waals surface area contributed by atoms with Crippen molar-refractivity contribution in [2.24, 2.45) is 0 Å². The highest BCUT2D eigenvalue weighted by atomic mass is 19.4. The first-order valence-electron chi connectivity index (χ1n) is 12.8. The normalized spacial score (nSPS) is 19.7. The summed E-state index contributed by atoms with van der Waals surface area (Å²) in [6.07, 6.45) is -1.45. The smallest absolute Gasteiger partial charge is 0.417 e. The second-order valence-electron chi connectivity index (χ2n) is 10.0. The summed E-state index contributed by atoms with van der Waals surface area (Å²) in [5.41, 5.74) is 3.41. The summed E-state index contributed by atoms with van der Waals surface area (Å²) in [4.78, 5) is 2.26. The van der Waals surface area contributed by atoms with E-state index in [1.54, 1.807) is 43.5 Å². The number of nitrogens with zero attached hydrogens (tertiary/aromatic N) is 1. The van der Waals surface area contributed by atoms with Crippen molar-refractivity contribution in [1.82, 2.24) is 4.90 Å². The molecule has 1 aliphatic carbocycles. The molecule has 3 aromatic rings. The van der Waals surface area contributed by atoms with Gasteiger partial charge in [0.05, 0.1) is 18.8 Å². The first-order valence-corrected chi connectivity index (χ1v) is 12.8. The number of hydrogen-bond acceptors (Lipinski definition) is 4. The van der Waals surface area contributed by atoms with Crippen LogP contribution in [0.3, 0.4) is 0 Å². The lowest BCUT2D eigenvalue weighted by Crippen LogP contribution is -2.28. The molecule has 0 saturated carbocycles.